The predicted molar refractivity (Wildman–Crippen MR) is 96.2 cm³/mol. The molecule has 0 fully saturated rings. The minimum absolute atomic E-state index is 0.158. The first-order valence-electron chi connectivity index (χ1n) is 7.97. The molecule has 0 heterocycles. The van der Waals surface area contributed by atoms with Crippen molar-refractivity contribution in [1.82, 2.24) is 5.43 Å². The molecule has 5 nitrogen and oxygen atoms in total. The monoisotopic (exact) mass is 338 g/mol. The molecule has 0 aliphatic carbocycles. The maximum atomic E-state index is 13.8. The first-order valence-corrected chi connectivity index (χ1v) is 7.97. The first-order chi connectivity index (χ1) is 12.1. The van der Waals surface area contributed by atoms with Crippen LogP contribution in [0.1, 0.15) is 35.3 Å². The van der Waals surface area contributed by atoms with Crippen LogP contribution in [0.3, 0.4) is 0 Å². The summed E-state index contributed by atoms with van der Waals surface area (Å²) in [6.45, 7) is 6.04. The molecule has 0 aliphatic heterocycles. The van der Waals surface area contributed by atoms with E-state index in [1.54, 1.807) is 0 Å². The number of carbonyl (C=O) groups is 1. The fourth-order valence-corrected chi connectivity index (χ4v) is 2.35. The van der Waals surface area contributed by atoms with Gasteiger partial charge in [0.25, 0.3) is 5.91 Å². The number of amides is 1. The zero-order chi connectivity index (χ0) is 18.2. The maximum Gasteiger partial charge on any atom is 0.274 e. The van der Waals surface area contributed by atoms with Crippen LogP contribution in [0.25, 0.3) is 0 Å². The van der Waals surface area contributed by atoms with Gasteiger partial charge in [-0.3, -0.25) is 4.79 Å². The summed E-state index contributed by atoms with van der Waals surface area (Å²) < 4.78 is 13.8. The number of benzene rings is 2. The molecule has 2 rings (SSSR count). The average molecular weight is 338 g/mol. The Bertz CT molecular complexity index is 805. The number of hydrogen-bond donors (Lipinski definition) is 1. The van der Waals surface area contributed by atoms with Crippen molar-refractivity contribution in [2.24, 2.45) is 5.10 Å². The fourth-order valence-electron chi connectivity index (χ4n) is 2.35. The van der Waals surface area contributed by atoms with Crippen LogP contribution in [0, 0.1) is 17.1 Å². The van der Waals surface area contributed by atoms with Crippen LogP contribution in [0.15, 0.2) is 47.6 Å². The summed E-state index contributed by atoms with van der Waals surface area (Å²) in [6, 6.07) is 13.2. The highest BCUT2D eigenvalue weighted by Crippen LogP contribution is 2.14. The van der Waals surface area contributed by atoms with E-state index in [-0.39, 0.29) is 11.1 Å². The molecule has 6 heteroatoms. The molecule has 25 heavy (non-hydrogen) atoms. The second kappa shape index (κ2) is 8.60. The number of rotatable bonds is 6. The van der Waals surface area contributed by atoms with Crippen molar-refractivity contribution in [3.8, 4) is 6.07 Å². The lowest BCUT2D eigenvalue weighted by Gasteiger charge is -2.20. The number of nitrogens with one attached hydrogen (secondary N) is 1. The van der Waals surface area contributed by atoms with Crippen LogP contribution >= 0.6 is 0 Å². The number of carbonyl (C=O) groups excluding carboxylic acids is 1. The topological polar surface area (TPSA) is 68.5 Å². The quantitative estimate of drug-likeness (QED) is 0.649. The highest BCUT2D eigenvalue weighted by Gasteiger charge is 2.11. The minimum Gasteiger partial charge on any atom is -0.372 e. The van der Waals surface area contributed by atoms with Crippen molar-refractivity contribution in [1.29, 1.82) is 5.26 Å². The van der Waals surface area contributed by atoms with E-state index >= 15 is 0 Å². The number of nitriles is 1. The lowest BCUT2D eigenvalue weighted by Crippen LogP contribution is -2.21. The largest absolute Gasteiger partial charge is 0.372 e. The van der Waals surface area contributed by atoms with Crippen LogP contribution in [0.5, 0.6) is 0 Å². The van der Waals surface area contributed by atoms with E-state index in [1.165, 1.54) is 18.3 Å². The van der Waals surface area contributed by atoms with Gasteiger partial charge in [-0.15, -0.1) is 0 Å². The van der Waals surface area contributed by atoms with Crippen molar-refractivity contribution in [2.75, 3.05) is 18.0 Å². The van der Waals surface area contributed by atoms with E-state index in [1.807, 2.05) is 30.3 Å². The Morgan fingerprint density at radius 2 is 1.92 bits per heavy atom. The average Bonchev–Trinajstić information content (AvgIpc) is 2.63. The van der Waals surface area contributed by atoms with Crippen molar-refractivity contribution < 1.29 is 9.18 Å². The molecule has 0 aliphatic rings. The molecule has 0 saturated carbocycles. The van der Waals surface area contributed by atoms with Gasteiger partial charge in [-0.25, -0.2) is 9.82 Å². The third-order valence-corrected chi connectivity index (χ3v) is 3.74. The third-order valence-electron chi connectivity index (χ3n) is 3.74. The van der Waals surface area contributed by atoms with Gasteiger partial charge in [-0.05, 0) is 49.7 Å². The number of hydrogen-bond acceptors (Lipinski definition) is 4. The van der Waals surface area contributed by atoms with Crippen molar-refractivity contribution in [3.05, 3.63) is 65.0 Å². The lowest BCUT2D eigenvalue weighted by molar-refractivity contribution is 0.0951. The van der Waals surface area contributed by atoms with E-state index in [2.05, 4.69) is 29.3 Å². The van der Waals surface area contributed by atoms with Gasteiger partial charge in [0.2, 0.25) is 0 Å². The third kappa shape index (κ3) is 4.64. The Morgan fingerprint density at radius 3 is 2.48 bits per heavy atom. The van der Waals surface area contributed by atoms with Crippen LogP contribution in [0.4, 0.5) is 10.1 Å². The Morgan fingerprint density at radius 1 is 1.24 bits per heavy atom. The first kappa shape index (κ1) is 18.1. The van der Waals surface area contributed by atoms with Gasteiger partial charge in [0, 0.05) is 18.8 Å². The van der Waals surface area contributed by atoms with Crippen LogP contribution in [-0.2, 0) is 0 Å². The van der Waals surface area contributed by atoms with Crippen LogP contribution < -0.4 is 10.3 Å². The van der Waals surface area contributed by atoms with Gasteiger partial charge in [0.05, 0.1) is 23.4 Å². The van der Waals surface area contributed by atoms with E-state index in [4.69, 9.17) is 5.26 Å². The molecule has 2 aromatic carbocycles. The van der Waals surface area contributed by atoms with Crippen molar-refractivity contribution >= 4 is 17.8 Å². The fraction of sp³-hybridized carbons (Fsp3) is 0.211. The summed E-state index contributed by atoms with van der Waals surface area (Å²) in [7, 11) is 0. The number of halogens is 1. The Hall–Kier alpha value is -3.20. The molecule has 0 aromatic heterocycles. The van der Waals surface area contributed by atoms with Gasteiger partial charge in [0.1, 0.15) is 5.82 Å². The summed E-state index contributed by atoms with van der Waals surface area (Å²) in [5, 5.41) is 12.5. The summed E-state index contributed by atoms with van der Waals surface area (Å²) in [4.78, 5) is 14.1. The highest BCUT2D eigenvalue weighted by atomic mass is 19.1. The van der Waals surface area contributed by atoms with Crippen molar-refractivity contribution in [3.63, 3.8) is 0 Å². The molecule has 1 N–H and O–H groups in total. The second-order valence-corrected chi connectivity index (χ2v) is 5.27. The van der Waals surface area contributed by atoms with E-state index in [9.17, 15) is 9.18 Å². The molecular weight excluding hydrogens is 319 g/mol. The molecule has 0 saturated heterocycles. The molecule has 0 radical (unpaired) electrons. The number of anilines is 1. The molecule has 0 bridgehead atoms. The Labute approximate surface area is 146 Å². The molecule has 128 valence electrons. The summed E-state index contributed by atoms with van der Waals surface area (Å²) >= 11 is 0. The molecule has 0 spiro atoms. The molecule has 2 aromatic rings. The van der Waals surface area contributed by atoms with Gasteiger partial charge >= 0.3 is 0 Å². The normalized spacial score (nSPS) is 10.5. The summed E-state index contributed by atoms with van der Waals surface area (Å²) in [5.41, 5.74) is 4.21. The zero-order valence-corrected chi connectivity index (χ0v) is 14.2. The van der Waals surface area contributed by atoms with E-state index in [0.29, 0.717) is 0 Å². The molecule has 1 amide bonds. The van der Waals surface area contributed by atoms with Crippen molar-refractivity contribution in [2.45, 2.75) is 13.8 Å². The van der Waals surface area contributed by atoms with E-state index in [0.717, 1.165) is 30.4 Å². The van der Waals surface area contributed by atoms with Crippen LogP contribution in [0.2, 0.25) is 0 Å². The lowest BCUT2D eigenvalue weighted by atomic mass is 10.1. The summed E-state index contributed by atoms with van der Waals surface area (Å²) in [6.07, 6.45) is 1.49. The predicted octanol–water partition coefficient (Wildman–Crippen LogP) is 3.31. The Kier molecular flexibility index (Phi) is 6.24. The van der Waals surface area contributed by atoms with Gasteiger partial charge < -0.3 is 4.90 Å². The second-order valence-electron chi connectivity index (χ2n) is 5.27. The van der Waals surface area contributed by atoms with Gasteiger partial charge in [-0.2, -0.15) is 10.4 Å². The molecular formula is C19H19FN4O. The SMILES string of the molecule is CCN(CC)c1ccc(/C=N\NC(=O)c2ccc(C#N)cc2F)cc1. The minimum atomic E-state index is -0.754. The number of hydrazone groups is 1. The van der Waals surface area contributed by atoms with Gasteiger partial charge in [-0.1, -0.05) is 12.1 Å². The summed E-state index contributed by atoms with van der Waals surface area (Å²) in [5.74, 6) is -1.42. The standard InChI is InChI=1S/C19H19FN4O/c1-3-24(4-2)16-8-5-14(6-9-16)13-22-23-19(25)17-10-7-15(12-21)11-18(17)20/h5-11,13H,3-4H2,1-2H3,(H,23,25)/b22-13-. The molecule has 0 unspecified atom stereocenters. The van der Waals surface area contributed by atoms with Gasteiger partial charge in [0.15, 0.2) is 0 Å². The molecule has 0 atom stereocenters. The van der Waals surface area contributed by atoms with E-state index < -0.39 is 11.7 Å². The highest BCUT2D eigenvalue weighted by molar-refractivity contribution is 5.95. The zero-order valence-electron chi connectivity index (χ0n) is 14.2. The maximum absolute atomic E-state index is 13.8. The smallest absolute Gasteiger partial charge is 0.274 e. The number of nitrogens with zero attached hydrogens (tertiary/aromatic N) is 3. The van der Waals surface area contributed by atoms with Crippen LogP contribution in [-0.4, -0.2) is 25.2 Å². The Balaban J connectivity index is 2.01.